The quantitative estimate of drug-likeness (QED) is 0.918. The molecule has 0 aliphatic heterocycles. The molecule has 1 atom stereocenters. The van der Waals surface area contributed by atoms with E-state index in [4.69, 9.17) is 11.6 Å². The van der Waals surface area contributed by atoms with Crippen LogP contribution >= 0.6 is 11.6 Å². The topological polar surface area (TPSA) is 38.0 Å². The van der Waals surface area contributed by atoms with Gasteiger partial charge < -0.3 is 5.11 Å². The van der Waals surface area contributed by atoms with E-state index in [1.54, 1.807) is 0 Å². The van der Waals surface area contributed by atoms with Crippen LogP contribution in [-0.4, -0.2) is 21.0 Å². The fourth-order valence-corrected chi connectivity index (χ4v) is 2.57. The second kappa shape index (κ2) is 6.42. The fraction of sp³-hybridized carbons (Fsp3) is 0.438. The third kappa shape index (κ3) is 3.41. The van der Waals surface area contributed by atoms with Crippen molar-refractivity contribution in [3.8, 4) is 0 Å². The van der Waals surface area contributed by atoms with E-state index in [2.05, 4.69) is 36.3 Å². The smallest absolute Gasteiger partial charge is 0.0848 e. The minimum atomic E-state index is -0.448. The van der Waals surface area contributed by atoms with Gasteiger partial charge in [0.05, 0.1) is 22.5 Å². The van der Waals surface area contributed by atoms with Crippen molar-refractivity contribution in [1.82, 2.24) is 9.78 Å². The zero-order chi connectivity index (χ0) is 14.7. The zero-order valence-corrected chi connectivity index (χ0v) is 13.0. The van der Waals surface area contributed by atoms with Crippen LogP contribution in [0.4, 0.5) is 0 Å². The van der Waals surface area contributed by atoms with Gasteiger partial charge in [0.2, 0.25) is 0 Å². The van der Waals surface area contributed by atoms with Gasteiger partial charge in [0, 0.05) is 13.0 Å². The van der Waals surface area contributed by atoms with Gasteiger partial charge in [0.25, 0.3) is 0 Å². The number of hydrogen-bond donors (Lipinski definition) is 1. The van der Waals surface area contributed by atoms with Crippen molar-refractivity contribution in [2.45, 2.75) is 46.3 Å². The first-order valence-corrected chi connectivity index (χ1v) is 7.34. The summed E-state index contributed by atoms with van der Waals surface area (Å²) >= 11 is 6.27. The van der Waals surface area contributed by atoms with Gasteiger partial charge in [-0.15, -0.1) is 0 Å². The average Bonchev–Trinajstić information content (AvgIpc) is 2.69. The van der Waals surface area contributed by atoms with Crippen molar-refractivity contribution >= 4 is 11.6 Å². The van der Waals surface area contributed by atoms with Crippen molar-refractivity contribution in [1.29, 1.82) is 0 Å². The SMILES string of the molecule is CCn1nc(C)c(Cl)c1CC(O)Cc1ccc(C)cc1. The van der Waals surface area contributed by atoms with E-state index >= 15 is 0 Å². The zero-order valence-electron chi connectivity index (χ0n) is 12.2. The minimum Gasteiger partial charge on any atom is -0.392 e. The van der Waals surface area contributed by atoms with Crippen LogP contribution in [-0.2, 0) is 19.4 Å². The number of halogens is 1. The Hall–Kier alpha value is -1.32. The van der Waals surface area contributed by atoms with Crippen molar-refractivity contribution in [3.05, 3.63) is 51.8 Å². The Morgan fingerprint density at radius 3 is 2.45 bits per heavy atom. The lowest BCUT2D eigenvalue weighted by molar-refractivity contribution is 0.172. The molecular weight excluding hydrogens is 272 g/mol. The molecule has 108 valence electrons. The maximum absolute atomic E-state index is 10.3. The first kappa shape index (κ1) is 15.1. The van der Waals surface area contributed by atoms with Crippen LogP contribution in [0.3, 0.4) is 0 Å². The van der Waals surface area contributed by atoms with Gasteiger partial charge in [-0.3, -0.25) is 4.68 Å². The summed E-state index contributed by atoms with van der Waals surface area (Å²) in [7, 11) is 0. The van der Waals surface area contributed by atoms with Crippen LogP contribution in [0.25, 0.3) is 0 Å². The van der Waals surface area contributed by atoms with Crippen LogP contribution in [0.1, 0.15) is 29.4 Å². The fourth-order valence-electron chi connectivity index (χ4n) is 2.36. The summed E-state index contributed by atoms with van der Waals surface area (Å²) in [5.41, 5.74) is 4.11. The van der Waals surface area contributed by atoms with E-state index in [0.29, 0.717) is 17.9 Å². The molecule has 2 rings (SSSR count). The lowest BCUT2D eigenvalue weighted by atomic mass is 10.0. The highest BCUT2D eigenvalue weighted by molar-refractivity contribution is 6.31. The number of hydrogen-bond acceptors (Lipinski definition) is 2. The van der Waals surface area contributed by atoms with E-state index in [9.17, 15) is 5.11 Å². The predicted octanol–water partition coefficient (Wildman–Crippen LogP) is 3.32. The third-order valence-corrected chi connectivity index (χ3v) is 3.97. The van der Waals surface area contributed by atoms with Gasteiger partial charge in [-0.1, -0.05) is 41.4 Å². The normalized spacial score (nSPS) is 12.7. The number of aromatic nitrogens is 2. The second-order valence-corrected chi connectivity index (χ2v) is 5.59. The molecule has 1 unspecified atom stereocenters. The number of rotatable bonds is 5. The molecule has 1 aromatic carbocycles. The molecule has 3 nitrogen and oxygen atoms in total. The number of benzene rings is 1. The Labute approximate surface area is 125 Å². The molecule has 1 N–H and O–H groups in total. The molecule has 2 aromatic rings. The molecule has 0 aliphatic rings. The van der Waals surface area contributed by atoms with E-state index in [1.807, 2.05) is 18.5 Å². The highest BCUT2D eigenvalue weighted by atomic mass is 35.5. The summed E-state index contributed by atoms with van der Waals surface area (Å²) in [6.45, 7) is 6.74. The molecule has 0 amide bonds. The minimum absolute atomic E-state index is 0.448. The average molecular weight is 293 g/mol. The summed E-state index contributed by atoms with van der Waals surface area (Å²) in [6, 6.07) is 8.25. The maximum Gasteiger partial charge on any atom is 0.0848 e. The van der Waals surface area contributed by atoms with Gasteiger partial charge in [-0.2, -0.15) is 5.10 Å². The van der Waals surface area contributed by atoms with Gasteiger partial charge in [0.1, 0.15) is 0 Å². The molecular formula is C16H21ClN2O. The monoisotopic (exact) mass is 292 g/mol. The highest BCUT2D eigenvalue weighted by Crippen LogP contribution is 2.22. The van der Waals surface area contributed by atoms with Gasteiger partial charge in [-0.05, 0) is 32.8 Å². The number of aliphatic hydroxyl groups excluding tert-OH is 1. The largest absolute Gasteiger partial charge is 0.392 e. The maximum atomic E-state index is 10.3. The van der Waals surface area contributed by atoms with Crippen LogP contribution in [0.2, 0.25) is 5.02 Å². The second-order valence-electron chi connectivity index (χ2n) is 5.21. The molecule has 0 saturated carbocycles. The molecule has 1 aromatic heterocycles. The Balaban J connectivity index is 2.08. The van der Waals surface area contributed by atoms with Crippen LogP contribution in [0.5, 0.6) is 0 Å². The van der Waals surface area contributed by atoms with Gasteiger partial charge in [-0.25, -0.2) is 0 Å². The predicted molar refractivity (Wildman–Crippen MR) is 82.2 cm³/mol. The Morgan fingerprint density at radius 1 is 1.20 bits per heavy atom. The Bertz CT molecular complexity index is 575. The Kier molecular flexibility index (Phi) is 4.84. The van der Waals surface area contributed by atoms with Crippen LogP contribution in [0, 0.1) is 13.8 Å². The first-order chi connectivity index (χ1) is 9.51. The molecule has 0 bridgehead atoms. The lowest BCUT2D eigenvalue weighted by Crippen LogP contribution is -2.17. The molecule has 0 spiro atoms. The summed E-state index contributed by atoms with van der Waals surface area (Å²) in [5, 5.41) is 15.3. The molecule has 0 aliphatic carbocycles. The summed E-state index contributed by atoms with van der Waals surface area (Å²) in [6.07, 6.45) is 0.711. The number of aliphatic hydroxyl groups is 1. The Morgan fingerprint density at radius 2 is 1.85 bits per heavy atom. The summed E-state index contributed by atoms with van der Waals surface area (Å²) in [4.78, 5) is 0. The molecule has 0 fully saturated rings. The molecule has 0 radical (unpaired) electrons. The van der Waals surface area contributed by atoms with Gasteiger partial charge in [0.15, 0.2) is 0 Å². The number of aryl methyl sites for hydroxylation is 3. The van der Waals surface area contributed by atoms with Crippen LogP contribution in [0.15, 0.2) is 24.3 Å². The van der Waals surface area contributed by atoms with Crippen LogP contribution < -0.4 is 0 Å². The van der Waals surface area contributed by atoms with E-state index in [1.165, 1.54) is 5.56 Å². The number of nitrogens with zero attached hydrogens (tertiary/aromatic N) is 2. The van der Waals surface area contributed by atoms with Crippen molar-refractivity contribution < 1.29 is 5.11 Å². The van der Waals surface area contributed by atoms with E-state index in [-0.39, 0.29) is 0 Å². The molecule has 20 heavy (non-hydrogen) atoms. The summed E-state index contributed by atoms with van der Waals surface area (Å²) < 4.78 is 1.87. The first-order valence-electron chi connectivity index (χ1n) is 6.96. The van der Waals surface area contributed by atoms with Crippen molar-refractivity contribution in [2.24, 2.45) is 0 Å². The highest BCUT2D eigenvalue weighted by Gasteiger charge is 2.16. The van der Waals surface area contributed by atoms with Gasteiger partial charge >= 0.3 is 0 Å². The van der Waals surface area contributed by atoms with E-state index in [0.717, 1.165) is 23.5 Å². The van der Waals surface area contributed by atoms with Crippen molar-refractivity contribution in [2.75, 3.05) is 0 Å². The third-order valence-electron chi connectivity index (χ3n) is 3.47. The molecule has 4 heteroatoms. The van der Waals surface area contributed by atoms with Crippen molar-refractivity contribution in [3.63, 3.8) is 0 Å². The summed E-state index contributed by atoms with van der Waals surface area (Å²) in [5.74, 6) is 0. The standard InChI is InChI=1S/C16H21ClN2O/c1-4-19-15(16(17)12(3)18-19)10-14(20)9-13-7-5-11(2)6-8-13/h5-8,14,20H,4,9-10H2,1-3H3. The van der Waals surface area contributed by atoms with E-state index < -0.39 is 6.10 Å². The molecule has 1 heterocycles. The lowest BCUT2D eigenvalue weighted by Gasteiger charge is -2.12. The molecule has 0 saturated heterocycles.